The first-order valence-corrected chi connectivity index (χ1v) is 7.95. The highest BCUT2D eigenvalue weighted by Gasteiger charge is 2.28. The molecule has 2 rings (SSSR count). The summed E-state index contributed by atoms with van der Waals surface area (Å²) in [7, 11) is 0. The Kier molecular flexibility index (Phi) is 4.81. The van der Waals surface area contributed by atoms with Crippen LogP contribution in [0.1, 0.15) is 24.6 Å². The van der Waals surface area contributed by atoms with Crippen LogP contribution in [0.2, 0.25) is 0 Å². The van der Waals surface area contributed by atoms with Crippen LogP contribution in [0.4, 0.5) is 0 Å². The topological polar surface area (TPSA) is 46.3 Å². The van der Waals surface area contributed by atoms with E-state index in [4.69, 9.17) is 5.73 Å². The summed E-state index contributed by atoms with van der Waals surface area (Å²) >= 11 is 5.05. The molecule has 1 saturated heterocycles. The molecule has 1 aliphatic rings. The Hall–Kier alpha value is -0.390. The normalized spacial score (nSPS) is 24.3. The fourth-order valence-corrected chi connectivity index (χ4v) is 3.97. The molecule has 5 heteroatoms. The number of carbonyl (C=O) groups excluding carboxylic acids is 1. The molecule has 3 nitrogen and oxygen atoms in total. The van der Waals surface area contributed by atoms with Gasteiger partial charge in [-0.3, -0.25) is 4.79 Å². The highest BCUT2D eigenvalue weighted by molar-refractivity contribution is 9.11. The Labute approximate surface area is 120 Å². The molecule has 0 spiro atoms. The van der Waals surface area contributed by atoms with Crippen molar-refractivity contribution in [2.75, 3.05) is 13.1 Å². The highest BCUT2D eigenvalue weighted by atomic mass is 79.9. The lowest BCUT2D eigenvalue weighted by Gasteiger charge is -2.38. The van der Waals surface area contributed by atoms with Gasteiger partial charge in [-0.1, -0.05) is 6.92 Å². The first-order chi connectivity index (χ1) is 8.60. The number of piperidine rings is 1. The molecule has 2 atom stereocenters. The van der Waals surface area contributed by atoms with Crippen molar-refractivity contribution in [3.05, 3.63) is 20.8 Å². The molecule has 2 N–H and O–H groups in total. The molecule has 1 amide bonds. The van der Waals surface area contributed by atoms with Crippen molar-refractivity contribution in [1.29, 1.82) is 0 Å². The quantitative estimate of drug-likeness (QED) is 0.926. The van der Waals surface area contributed by atoms with Crippen LogP contribution in [0.15, 0.2) is 15.9 Å². The predicted molar refractivity (Wildman–Crippen MR) is 78.7 cm³/mol. The number of halogens is 1. The van der Waals surface area contributed by atoms with E-state index in [0.717, 1.165) is 28.0 Å². The zero-order valence-electron chi connectivity index (χ0n) is 10.6. The summed E-state index contributed by atoms with van der Waals surface area (Å²) in [5.74, 6) is 0.894. The maximum absolute atomic E-state index is 12.3. The molecule has 0 aromatic carbocycles. The molecule has 1 aromatic rings. The van der Waals surface area contributed by atoms with Crippen molar-refractivity contribution < 1.29 is 4.79 Å². The average Bonchev–Trinajstić information content (AvgIpc) is 2.74. The molecule has 18 heavy (non-hydrogen) atoms. The van der Waals surface area contributed by atoms with Crippen LogP contribution in [-0.2, 0) is 11.2 Å². The lowest BCUT2D eigenvalue weighted by molar-refractivity contribution is -0.134. The Bertz CT molecular complexity index is 421. The van der Waals surface area contributed by atoms with Gasteiger partial charge in [0.25, 0.3) is 0 Å². The van der Waals surface area contributed by atoms with Crippen molar-refractivity contribution in [2.24, 2.45) is 11.7 Å². The molecular weight excluding hydrogens is 312 g/mol. The third kappa shape index (κ3) is 3.33. The van der Waals surface area contributed by atoms with Gasteiger partial charge in [-0.05, 0) is 46.8 Å². The van der Waals surface area contributed by atoms with E-state index in [9.17, 15) is 4.79 Å². The van der Waals surface area contributed by atoms with E-state index in [1.807, 2.05) is 17.0 Å². The average molecular weight is 331 g/mol. The Balaban J connectivity index is 1.99. The van der Waals surface area contributed by atoms with Gasteiger partial charge < -0.3 is 10.6 Å². The maximum atomic E-state index is 12.3. The van der Waals surface area contributed by atoms with E-state index in [2.05, 4.69) is 22.9 Å². The van der Waals surface area contributed by atoms with E-state index >= 15 is 0 Å². The number of likely N-dealkylation sites (tertiary alicyclic amines) is 1. The molecule has 2 unspecified atom stereocenters. The smallest absolute Gasteiger partial charge is 0.228 e. The molecule has 0 aliphatic carbocycles. The summed E-state index contributed by atoms with van der Waals surface area (Å²) in [6.07, 6.45) is 2.63. The van der Waals surface area contributed by atoms with Crippen LogP contribution in [0.25, 0.3) is 0 Å². The van der Waals surface area contributed by atoms with Gasteiger partial charge in [0.2, 0.25) is 5.91 Å². The monoisotopic (exact) mass is 330 g/mol. The molecule has 0 radical (unpaired) electrons. The second-order valence-electron chi connectivity index (χ2n) is 4.99. The third-order valence-electron chi connectivity index (χ3n) is 3.52. The van der Waals surface area contributed by atoms with Crippen molar-refractivity contribution in [3.8, 4) is 0 Å². The van der Waals surface area contributed by atoms with Gasteiger partial charge in [-0.2, -0.15) is 0 Å². The van der Waals surface area contributed by atoms with Crippen molar-refractivity contribution in [2.45, 2.75) is 32.2 Å². The van der Waals surface area contributed by atoms with E-state index < -0.39 is 0 Å². The minimum absolute atomic E-state index is 0.215. The predicted octanol–water partition coefficient (Wildman–Crippen LogP) is 2.64. The minimum atomic E-state index is 0.215. The van der Waals surface area contributed by atoms with Crippen molar-refractivity contribution in [3.63, 3.8) is 0 Å². The summed E-state index contributed by atoms with van der Waals surface area (Å²) < 4.78 is 1.08. The van der Waals surface area contributed by atoms with Gasteiger partial charge in [0.05, 0.1) is 10.2 Å². The van der Waals surface area contributed by atoms with Gasteiger partial charge in [0, 0.05) is 24.0 Å². The maximum Gasteiger partial charge on any atom is 0.228 e. The van der Waals surface area contributed by atoms with E-state index in [-0.39, 0.29) is 11.9 Å². The number of hydrogen-bond donors (Lipinski definition) is 1. The largest absolute Gasteiger partial charge is 0.338 e. The summed E-state index contributed by atoms with van der Waals surface area (Å²) in [6, 6.07) is 4.23. The molecule has 2 heterocycles. The van der Waals surface area contributed by atoms with E-state index in [0.29, 0.717) is 18.9 Å². The number of rotatable bonds is 3. The van der Waals surface area contributed by atoms with Crippen LogP contribution in [-0.4, -0.2) is 29.9 Å². The lowest BCUT2D eigenvalue weighted by Crippen LogP contribution is -2.49. The minimum Gasteiger partial charge on any atom is -0.338 e. The zero-order chi connectivity index (χ0) is 13.1. The first kappa shape index (κ1) is 14.0. The Morgan fingerprint density at radius 3 is 3.00 bits per heavy atom. The fourth-order valence-electron chi connectivity index (χ4n) is 2.50. The summed E-state index contributed by atoms with van der Waals surface area (Å²) in [4.78, 5) is 15.4. The second-order valence-corrected chi connectivity index (χ2v) is 7.54. The Morgan fingerprint density at radius 1 is 1.61 bits per heavy atom. The van der Waals surface area contributed by atoms with Crippen LogP contribution in [0.3, 0.4) is 0 Å². The molecule has 0 saturated carbocycles. The Morgan fingerprint density at radius 2 is 2.39 bits per heavy atom. The number of amides is 1. The molecule has 0 bridgehead atoms. The molecule has 1 aliphatic heterocycles. The standard InChI is InChI=1S/C13H19BrN2OS/c1-9-4-5-16(10(6-9)8-15)13(17)7-11-2-3-12(14)18-11/h2-3,9-10H,4-8,15H2,1H3. The SMILES string of the molecule is CC1CCN(C(=O)Cc2ccc(Br)s2)C(CN)C1. The van der Waals surface area contributed by atoms with Crippen LogP contribution in [0.5, 0.6) is 0 Å². The highest BCUT2D eigenvalue weighted by Crippen LogP contribution is 2.25. The van der Waals surface area contributed by atoms with E-state index in [1.165, 1.54) is 0 Å². The first-order valence-electron chi connectivity index (χ1n) is 6.34. The molecule has 1 fully saturated rings. The van der Waals surface area contributed by atoms with E-state index in [1.54, 1.807) is 11.3 Å². The van der Waals surface area contributed by atoms with Gasteiger partial charge >= 0.3 is 0 Å². The van der Waals surface area contributed by atoms with Crippen LogP contribution >= 0.6 is 27.3 Å². The summed E-state index contributed by atoms with van der Waals surface area (Å²) in [5, 5.41) is 0. The van der Waals surface area contributed by atoms with Gasteiger partial charge in [0.1, 0.15) is 0 Å². The lowest BCUT2D eigenvalue weighted by atomic mass is 9.92. The zero-order valence-corrected chi connectivity index (χ0v) is 13.0. The number of nitrogens with zero attached hydrogens (tertiary/aromatic N) is 1. The molecule has 1 aromatic heterocycles. The molecular formula is C13H19BrN2OS. The van der Waals surface area contributed by atoms with Gasteiger partial charge in [0.15, 0.2) is 0 Å². The number of carbonyl (C=O) groups is 1. The van der Waals surface area contributed by atoms with Crippen LogP contribution < -0.4 is 5.73 Å². The summed E-state index contributed by atoms with van der Waals surface area (Å²) in [6.45, 7) is 3.67. The number of nitrogens with two attached hydrogens (primary N) is 1. The van der Waals surface area contributed by atoms with Gasteiger partial charge in [-0.25, -0.2) is 0 Å². The van der Waals surface area contributed by atoms with Crippen LogP contribution in [0, 0.1) is 5.92 Å². The fraction of sp³-hybridized carbons (Fsp3) is 0.615. The summed E-state index contributed by atoms with van der Waals surface area (Å²) in [5.41, 5.74) is 5.79. The molecule has 100 valence electrons. The van der Waals surface area contributed by atoms with Gasteiger partial charge in [-0.15, -0.1) is 11.3 Å². The number of thiophene rings is 1. The van der Waals surface area contributed by atoms with Crippen molar-refractivity contribution in [1.82, 2.24) is 4.90 Å². The number of hydrogen-bond acceptors (Lipinski definition) is 3. The van der Waals surface area contributed by atoms with Crippen molar-refractivity contribution >= 4 is 33.2 Å². The third-order valence-corrected chi connectivity index (χ3v) is 5.15. The second kappa shape index (κ2) is 6.17.